The molecule has 2 aromatic rings. The fourth-order valence-corrected chi connectivity index (χ4v) is 3.37. The lowest BCUT2D eigenvalue weighted by Crippen LogP contribution is -2.45. The van der Waals surface area contributed by atoms with Crippen molar-refractivity contribution in [3.63, 3.8) is 0 Å². The van der Waals surface area contributed by atoms with Crippen molar-refractivity contribution in [1.82, 2.24) is 15.1 Å². The molecule has 0 spiro atoms. The summed E-state index contributed by atoms with van der Waals surface area (Å²) in [5.41, 5.74) is 2.23. The highest BCUT2D eigenvalue weighted by molar-refractivity contribution is 5.77. The van der Waals surface area contributed by atoms with Crippen LogP contribution in [0.1, 0.15) is 18.1 Å². The molecule has 0 aromatic heterocycles. The summed E-state index contributed by atoms with van der Waals surface area (Å²) in [6, 6.07) is 11.0. The molecule has 1 saturated heterocycles. The maximum atomic E-state index is 13.6. The molecule has 1 heterocycles. The monoisotopic (exact) mass is 403 g/mol. The standard InChI is InChI=1S/C22H27F2N3O2/c1-2-26-9-11-27(12-10-26)15-18-6-4-3-5-17(18)14-25-22(28)16-29-21-8-7-19(23)13-20(21)24/h3-8,13H,2,9-12,14-16H2,1H3,(H,25,28). The Morgan fingerprint density at radius 1 is 1.03 bits per heavy atom. The van der Waals surface area contributed by atoms with E-state index < -0.39 is 11.6 Å². The first-order chi connectivity index (χ1) is 14.0. The third-order valence-corrected chi connectivity index (χ3v) is 5.15. The number of hydrogen-bond acceptors (Lipinski definition) is 4. The van der Waals surface area contributed by atoms with Gasteiger partial charge in [0.1, 0.15) is 5.82 Å². The lowest BCUT2D eigenvalue weighted by molar-refractivity contribution is -0.123. The Labute approximate surface area is 170 Å². The van der Waals surface area contributed by atoms with Gasteiger partial charge in [0.05, 0.1) is 0 Å². The average molecular weight is 403 g/mol. The summed E-state index contributed by atoms with van der Waals surface area (Å²) < 4.78 is 31.6. The van der Waals surface area contributed by atoms with Crippen molar-refractivity contribution in [3.8, 4) is 5.75 Å². The van der Waals surface area contributed by atoms with Gasteiger partial charge < -0.3 is 15.0 Å². The van der Waals surface area contributed by atoms with Crippen LogP contribution in [-0.4, -0.2) is 55.0 Å². The van der Waals surface area contributed by atoms with E-state index in [-0.39, 0.29) is 18.3 Å². The molecular formula is C22H27F2N3O2. The lowest BCUT2D eigenvalue weighted by atomic mass is 10.1. The van der Waals surface area contributed by atoms with E-state index in [0.717, 1.165) is 57.0 Å². The zero-order chi connectivity index (χ0) is 20.6. The highest BCUT2D eigenvalue weighted by Gasteiger charge is 2.17. The molecule has 1 amide bonds. The number of nitrogens with one attached hydrogen (secondary N) is 1. The average Bonchev–Trinajstić information content (AvgIpc) is 2.73. The molecule has 0 bridgehead atoms. The van der Waals surface area contributed by atoms with E-state index in [1.165, 1.54) is 11.6 Å². The molecule has 156 valence electrons. The molecule has 0 saturated carbocycles. The number of ether oxygens (including phenoxy) is 1. The predicted molar refractivity (Wildman–Crippen MR) is 108 cm³/mol. The van der Waals surface area contributed by atoms with Crippen molar-refractivity contribution in [3.05, 3.63) is 65.2 Å². The highest BCUT2D eigenvalue weighted by atomic mass is 19.1. The minimum atomic E-state index is -0.827. The quantitative estimate of drug-likeness (QED) is 0.736. The van der Waals surface area contributed by atoms with Crippen LogP contribution in [0.2, 0.25) is 0 Å². The van der Waals surface area contributed by atoms with Gasteiger partial charge in [0.25, 0.3) is 5.91 Å². The summed E-state index contributed by atoms with van der Waals surface area (Å²) in [6.45, 7) is 8.38. The second-order valence-corrected chi connectivity index (χ2v) is 7.12. The fraction of sp³-hybridized carbons (Fsp3) is 0.409. The third-order valence-electron chi connectivity index (χ3n) is 5.15. The Morgan fingerprint density at radius 2 is 1.72 bits per heavy atom. The molecule has 0 unspecified atom stereocenters. The first-order valence-electron chi connectivity index (χ1n) is 9.91. The maximum absolute atomic E-state index is 13.6. The van der Waals surface area contributed by atoms with Gasteiger partial charge in [-0.3, -0.25) is 9.69 Å². The van der Waals surface area contributed by atoms with Gasteiger partial charge in [-0.05, 0) is 29.8 Å². The van der Waals surface area contributed by atoms with Gasteiger partial charge in [0, 0.05) is 45.3 Å². The molecule has 7 heteroatoms. The van der Waals surface area contributed by atoms with Crippen LogP contribution in [0.5, 0.6) is 5.75 Å². The van der Waals surface area contributed by atoms with Crippen LogP contribution >= 0.6 is 0 Å². The molecular weight excluding hydrogens is 376 g/mol. The molecule has 0 radical (unpaired) electrons. The molecule has 3 rings (SSSR count). The van der Waals surface area contributed by atoms with Crippen LogP contribution in [0.3, 0.4) is 0 Å². The van der Waals surface area contributed by atoms with Gasteiger partial charge in [0.15, 0.2) is 18.2 Å². The number of nitrogens with zero attached hydrogens (tertiary/aromatic N) is 2. The molecule has 1 aliphatic rings. The maximum Gasteiger partial charge on any atom is 0.258 e. The van der Waals surface area contributed by atoms with E-state index >= 15 is 0 Å². The minimum absolute atomic E-state index is 0.145. The SMILES string of the molecule is CCN1CCN(Cc2ccccc2CNC(=O)COc2ccc(F)cc2F)CC1. The summed E-state index contributed by atoms with van der Waals surface area (Å²) in [6.07, 6.45) is 0. The Hall–Kier alpha value is -2.51. The third kappa shape index (κ3) is 6.24. The van der Waals surface area contributed by atoms with Crippen LogP contribution in [-0.2, 0) is 17.9 Å². The Balaban J connectivity index is 1.49. The number of carbonyl (C=O) groups is 1. The first-order valence-corrected chi connectivity index (χ1v) is 9.91. The number of halogens is 2. The Bertz CT molecular complexity index is 823. The van der Waals surface area contributed by atoms with E-state index in [1.807, 2.05) is 18.2 Å². The van der Waals surface area contributed by atoms with E-state index in [2.05, 4.69) is 28.1 Å². The smallest absolute Gasteiger partial charge is 0.258 e. The number of rotatable bonds is 8. The predicted octanol–water partition coefficient (Wildman–Crippen LogP) is 2.80. The molecule has 29 heavy (non-hydrogen) atoms. The zero-order valence-corrected chi connectivity index (χ0v) is 16.7. The van der Waals surface area contributed by atoms with Crippen LogP contribution in [0, 0.1) is 11.6 Å². The van der Waals surface area contributed by atoms with E-state index in [1.54, 1.807) is 0 Å². The Kier molecular flexibility index (Phi) is 7.55. The molecule has 1 fully saturated rings. The van der Waals surface area contributed by atoms with Crippen LogP contribution in [0.25, 0.3) is 0 Å². The van der Waals surface area contributed by atoms with E-state index in [9.17, 15) is 13.6 Å². The fourth-order valence-electron chi connectivity index (χ4n) is 3.37. The van der Waals surface area contributed by atoms with Crippen molar-refractivity contribution >= 4 is 5.91 Å². The van der Waals surface area contributed by atoms with Gasteiger partial charge in [-0.15, -0.1) is 0 Å². The van der Waals surface area contributed by atoms with Gasteiger partial charge in [-0.25, -0.2) is 8.78 Å². The number of benzene rings is 2. The van der Waals surface area contributed by atoms with Crippen molar-refractivity contribution in [2.24, 2.45) is 0 Å². The largest absolute Gasteiger partial charge is 0.481 e. The molecule has 5 nitrogen and oxygen atoms in total. The summed E-state index contributed by atoms with van der Waals surface area (Å²) in [5, 5.41) is 2.81. The molecule has 2 aromatic carbocycles. The van der Waals surface area contributed by atoms with Crippen molar-refractivity contribution in [2.45, 2.75) is 20.0 Å². The highest BCUT2D eigenvalue weighted by Crippen LogP contribution is 2.17. The summed E-state index contributed by atoms with van der Waals surface area (Å²) in [5.74, 6) is -2.02. The lowest BCUT2D eigenvalue weighted by Gasteiger charge is -2.34. The van der Waals surface area contributed by atoms with Gasteiger partial charge in [-0.2, -0.15) is 0 Å². The normalized spacial score (nSPS) is 15.3. The number of likely N-dealkylation sites (N-methyl/N-ethyl adjacent to an activating group) is 1. The van der Waals surface area contributed by atoms with Gasteiger partial charge in [0.2, 0.25) is 0 Å². The van der Waals surface area contributed by atoms with Gasteiger partial charge in [-0.1, -0.05) is 31.2 Å². The molecule has 0 aliphatic carbocycles. The van der Waals surface area contributed by atoms with Crippen LogP contribution < -0.4 is 10.1 Å². The summed E-state index contributed by atoms with van der Waals surface area (Å²) >= 11 is 0. The van der Waals surface area contributed by atoms with Crippen molar-refractivity contribution < 1.29 is 18.3 Å². The zero-order valence-electron chi connectivity index (χ0n) is 16.7. The Morgan fingerprint density at radius 3 is 2.41 bits per heavy atom. The number of carbonyl (C=O) groups excluding carboxylic acids is 1. The van der Waals surface area contributed by atoms with E-state index in [4.69, 9.17) is 4.74 Å². The van der Waals surface area contributed by atoms with Crippen molar-refractivity contribution in [2.75, 3.05) is 39.3 Å². The van der Waals surface area contributed by atoms with Gasteiger partial charge >= 0.3 is 0 Å². The summed E-state index contributed by atoms with van der Waals surface area (Å²) in [7, 11) is 0. The number of amides is 1. The molecule has 1 N–H and O–H groups in total. The minimum Gasteiger partial charge on any atom is -0.481 e. The molecule has 0 atom stereocenters. The second-order valence-electron chi connectivity index (χ2n) is 7.12. The number of hydrogen-bond donors (Lipinski definition) is 1. The number of piperazine rings is 1. The van der Waals surface area contributed by atoms with Crippen LogP contribution in [0.4, 0.5) is 8.78 Å². The topological polar surface area (TPSA) is 44.8 Å². The van der Waals surface area contributed by atoms with E-state index in [0.29, 0.717) is 6.54 Å². The summed E-state index contributed by atoms with van der Waals surface area (Å²) in [4.78, 5) is 17.0. The molecule has 1 aliphatic heterocycles. The van der Waals surface area contributed by atoms with Crippen molar-refractivity contribution in [1.29, 1.82) is 0 Å². The first kappa shape index (κ1) is 21.2. The van der Waals surface area contributed by atoms with Crippen LogP contribution in [0.15, 0.2) is 42.5 Å². The second kappa shape index (κ2) is 10.3.